The first-order valence-electron chi connectivity index (χ1n) is 6.67. The second-order valence-electron chi connectivity index (χ2n) is 4.54. The van der Waals surface area contributed by atoms with Crippen LogP contribution in [0, 0.1) is 11.6 Å². The Bertz CT molecular complexity index is 725. The van der Waals surface area contributed by atoms with Crippen LogP contribution in [0.3, 0.4) is 0 Å². The van der Waals surface area contributed by atoms with E-state index in [0.717, 1.165) is 0 Å². The van der Waals surface area contributed by atoms with Crippen LogP contribution >= 0.6 is 0 Å². The molecule has 3 aromatic carbocycles. The number of para-hydroxylation sites is 2. The van der Waals surface area contributed by atoms with Crippen LogP contribution in [0.1, 0.15) is 0 Å². The molecule has 0 radical (unpaired) electrons. The van der Waals surface area contributed by atoms with E-state index in [1.54, 1.807) is 48.5 Å². The lowest BCUT2D eigenvalue weighted by Gasteiger charge is -2.10. The van der Waals surface area contributed by atoms with Gasteiger partial charge in [0.2, 0.25) is 0 Å². The zero-order chi connectivity index (χ0) is 15.4. The van der Waals surface area contributed by atoms with E-state index in [0.29, 0.717) is 11.5 Å². The highest BCUT2D eigenvalue weighted by molar-refractivity contribution is 5.39. The summed E-state index contributed by atoms with van der Waals surface area (Å²) in [5.74, 6) is 0.125. The van der Waals surface area contributed by atoms with Gasteiger partial charge in [-0.15, -0.1) is 0 Å². The molecule has 0 amide bonds. The molecule has 2 nitrogen and oxygen atoms in total. The van der Waals surface area contributed by atoms with Crippen LogP contribution < -0.4 is 9.47 Å². The van der Waals surface area contributed by atoms with Gasteiger partial charge in [0.1, 0.15) is 11.5 Å². The lowest BCUT2D eigenvalue weighted by molar-refractivity contribution is 0.425. The maximum Gasteiger partial charge on any atom is 0.165 e. The van der Waals surface area contributed by atoms with Crippen molar-refractivity contribution in [2.45, 2.75) is 0 Å². The molecule has 0 heterocycles. The Hall–Kier alpha value is -2.88. The van der Waals surface area contributed by atoms with E-state index >= 15 is 0 Å². The molecule has 0 saturated carbocycles. The first kappa shape index (κ1) is 14.1. The highest BCUT2D eigenvalue weighted by atomic mass is 19.1. The Morgan fingerprint density at radius 1 is 0.545 bits per heavy atom. The fraction of sp³-hybridized carbons (Fsp3) is 0. The average Bonchev–Trinajstić information content (AvgIpc) is 2.52. The largest absolute Gasteiger partial charge is 0.454 e. The Balaban J connectivity index is 1.81. The minimum absolute atomic E-state index is 0.116. The minimum atomic E-state index is -0.456. The van der Waals surface area contributed by atoms with Gasteiger partial charge in [-0.1, -0.05) is 30.3 Å². The Morgan fingerprint density at radius 2 is 1.00 bits per heavy atom. The highest BCUT2D eigenvalue weighted by Crippen LogP contribution is 2.30. The van der Waals surface area contributed by atoms with E-state index in [9.17, 15) is 8.78 Å². The number of benzene rings is 3. The molecule has 0 saturated heterocycles. The van der Waals surface area contributed by atoms with E-state index in [1.165, 1.54) is 24.3 Å². The first-order valence-corrected chi connectivity index (χ1v) is 6.67. The lowest BCUT2D eigenvalue weighted by Crippen LogP contribution is -1.90. The predicted molar refractivity (Wildman–Crippen MR) is 79.4 cm³/mol. The van der Waals surface area contributed by atoms with Crippen molar-refractivity contribution in [3.8, 4) is 23.0 Å². The van der Waals surface area contributed by atoms with E-state index < -0.39 is 11.6 Å². The van der Waals surface area contributed by atoms with Crippen LogP contribution in [0.2, 0.25) is 0 Å². The van der Waals surface area contributed by atoms with Gasteiger partial charge < -0.3 is 9.47 Å². The summed E-state index contributed by atoms with van der Waals surface area (Å²) in [7, 11) is 0. The topological polar surface area (TPSA) is 18.5 Å². The smallest absolute Gasteiger partial charge is 0.165 e. The summed E-state index contributed by atoms with van der Waals surface area (Å²) < 4.78 is 38.1. The molecule has 0 aromatic heterocycles. The molecule has 4 heteroatoms. The number of hydrogen-bond donors (Lipinski definition) is 0. The van der Waals surface area contributed by atoms with Crippen LogP contribution in [0.25, 0.3) is 0 Å². The minimum Gasteiger partial charge on any atom is -0.454 e. The van der Waals surface area contributed by atoms with Crippen LogP contribution in [0.15, 0.2) is 72.8 Å². The number of hydrogen-bond acceptors (Lipinski definition) is 2. The maximum absolute atomic E-state index is 13.6. The Morgan fingerprint density at radius 3 is 1.45 bits per heavy atom. The van der Waals surface area contributed by atoms with Gasteiger partial charge in [0, 0.05) is 6.07 Å². The highest BCUT2D eigenvalue weighted by Gasteiger charge is 2.07. The Kier molecular flexibility index (Phi) is 4.01. The van der Waals surface area contributed by atoms with E-state index in [4.69, 9.17) is 9.47 Å². The molecule has 22 heavy (non-hydrogen) atoms. The third-order valence-corrected chi connectivity index (χ3v) is 2.93. The summed E-state index contributed by atoms with van der Waals surface area (Å²) in [6.45, 7) is 0. The third-order valence-electron chi connectivity index (χ3n) is 2.93. The molecule has 3 aromatic rings. The van der Waals surface area contributed by atoms with Crippen molar-refractivity contribution >= 4 is 0 Å². The van der Waals surface area contributed by atoms with Crippen LogP contribution in [-0.4, -0.2) is 0 Å². The molecule has 110 valence electrons. The van der Waals surface area contributed by atoms with Gasteiger partial charge in [-0.05, 0) is 36.4 Å². The number of ether oxygens (including phenoxy) is 2. The summed E-state index contributed by atoms with van der Waals surface area (Å²) >= 11 is 0. The molecule has 0 aliphatic heterocycles. The SMILES string of the molecule is Fc1ccccc1Oc1cccc(Oc2ccccc2F)c1. The molecule has 0 aliphatic rings. The van der Waals surface area contributed by atoms with Gasteiger partial charge in [0.15, 0.2) is 23.1 Å². The molecule has 0 spiro atoms. The standard InChI is InChI=1S/C18H12F2O2/c19-15-8-1-3-10-17(15)21-13-6-5-7-14(12-13)22-18-11-4-2-9-16(18)20/h1-12H. The van der Waals surface area contributed by atoms with E-state index in [-0.39, 0.29) is 11.5 Å². The quantitative estimate of drug-likeness (QED) is 0.628. The van der Waals surface area contributed by atoms with E-state index in [2.05, 4.69) is 0 Å². The molecule has 0 fully saturated rings. The summed E-state index contributed by atoms with van der Waals surface area (Å²) in [5.41, 5.74) is 0. The average molecular weight is 298 g/mol. The van der Waals surface area contributed by atoms with Crippen molar-refractivity contribution in [3.05, 3.63) is 84.4 Å². The van der Waals surface area contributed by atoms with Gasteiger partial charge >= 0.3 is 0 Å². The molecule has 0 aliphatic carbocycles. The lowest BCUT2D eigenvalue weighted by atomic mass is 10.3. The predicted octanol–water partition coefficient (Wildman–Crippen LogP) is 5.55. The summed E-state index contributed by atoms with van der Waals surface area (Å²) in [6.07, 6.45) is 0. The van der Waals surface area contributed by atoms with Crippen molar-refractivity contribution in [3.63, 3.8) is 0 Å². The van der Waals surface area contributed by atoms with Gasteiger partial charge in [-0.2, -0.15) is 0 Å². The second kappa shape index (κ2) is 6.26. The number of rotatable bonds is 4. The van der Waals surface area contributed by atoms with Crippen LogP contribution in [0.5, 0.6) is 23.0 Å². The van der Waals surface area contributed by atoms with Crippen molar-refractivity contribution in [1.29, 1.82) is 0 Å². The van der Waals surface area contributed by atoms with Gasteiger partial charge in [0.25, 0.3) is 0 Å². The van der Waals surface area contributed by atoms with E-state index in [1.807, 2.05) is 0 Å². The van der Waals surface area contributed by atoms with Crippen LogP contribution in [0.4, 0.5) is 8.78 Å². The molecular formula is C18H12F2O2. The molecule has 3 rings (SSSR count). The van der Waals surface area contributed by atoms with Crippen molar-refractivity contribution in [1.82, 2.24) is 0 Å². The molecule has 0 N–H and O–H groups in total. The maximum atomic E-state index is 13.6. The zero-order valence-corrected chi connectivity index (χ0v) is 11.5. The zero-order valence-electron chi connectivity index (χ0n) is 11.5. The van der Waals surface area contributed by atoms with Crippen molar-refractivity contribution in [2.75, 3.05) is 0 Å². The van der Waals surface area contributed by atoms with Crippen molar-refractivity contribution < 1.29 is 18.3 Å². The summed E-state index contributed by atoms with van der Waals surface area (Å²) in [4.78, 5) is 0. The second-order valence-corrected chi connectivity index (χ2v) is 4.54. The molecular weight excluding hydrogens is 286 g/mol. The van der Waals surface area contributed by atoms with Crippen LogP contribution in [-0.2, 0) is 0 Å². The Labute approximate surface area is 126 Å². The first-order chi connectivity index (χ1) is 10.7. The summed E-state index contributed by atoms with van der Waals surface area (Å²) in [6, 6.07) is 18.8. The van der Waals surface area contributed by atoms with Gasteiger partial charge in [0.05, 0.1) is 0 Å². The fourth-order valence-electron chi connectivity index (χ4n) is 1.91. The van der Waals surface area contributed by atoms with Gasteiger partial charge in [-0.3, -0.25) is 0 Å². The summed E-state index contributed by atoms with van der Waals surface area (Å²) in [5, 5.41) is 0. The monoisotopic (exact) mass is 298 g/mol. The van der Waals surface area contributed by atoms with Crippen molar-refractivity contribution in [2.24, 2.45) is 0 Å². The third kappa shape index (κ3) is 3.23. The molecule has 0 bridgehead atoms. The normalized spacial score (nSPS) is 10.3. The molecule has 0 unspecified atom stereocenters. The number of halogens is 2. The molecule has 0 atom stereocenters. The van der Waals surface area contributed by atoms with Gasteiger partial charge in [-0.25, -0.2) is 8.78 Å². The fourth-order valence-corrected chi connectivity index (χ4v) is 1.91.